The molecule has 1 unspecified atom stereocenters. The maximum absolute atomic E-state index is 11.2. The normalized spacial score (nSPS) is 12.2. The Hall–Kier alpha value is -1.26. The van der Waals surface area contributed by atoms with Crippen molar-refractivity contribution >= 4 is 12.0 Å². The van der Waals surface area contributed by atoms with Gasteiger partial charge in [0.05, 0.1) is 5.92 Å². The van der Waals surface area contributed by atoms with Gasteiger partial charge in [-0.15, -0.1) is 0 Å². The molecule has 16 heavy (non-hydrogen) atoms. The van der Waals surface area contributed by atoms with E-state index in [2.05, 4.69) is 10.6 Å². The molecule has 0 bridgehead atoms. The Balaban J connectivity index is 3.92. The summed E-state index contributed by atoms with van der Waals surface area (Å²) in [6, 6.07) is -0.295. The van der Waals surface area contributed by atoms with Crippen molar-refractivity contribution in [3.8, 4) is 0 Å². The summed E-state index contributed by atoms with van der Waals surface area (Å²) in [6.07, 6.45) is 1.44. The summed E-state index contributed by atoms with van der Waals surface area (Å²) < 4.78 is 0. The second-order valence-corrected chi connectivity index (χ2v) is 4.30. The largest absolute Gasteiger partial charge is 0.481 e. The zero-order valence-corrected chi connectivity index (χ0v) is 10.2. The van der Waals surface area contributed by atoms with Crippen molar-refractivity contribution in [1.82, 2.24) is 10.6 Å². The van der Waals surface area contributed by atoms with Gasteiger partial charge < -0.3 is 15.7 Å². The molecule has 0 radical (unpaired) electrons. The molecular weight excluding hydrogens is 208 g/mol. The molecule has 0 fully saturated rings. The van der Waals surface area contributed by atoms with E-state index in [1.165, 1.54) is 0 Å². The van der Waals surface area contributed by atoms with Gasteiger partial charge in [-0.1, -0.05) is 20.8 Å². The van der Waals surface area contributed by atoms with E-state index in [0.717, 1.165) is 6.42 Å². The lowest BCUT2D eigenvalue weighted by molar-refractivity contribution is -0.142. The molecule has 0 spiro atoms. The van der Waals surface area contributed by atoms with Crippen LogP contribution in [0.15, 0.2) is 0 Å². The van der Waals surface area contributed by atoms with Crippen LogP contribution >= 0.6 is 0 Å². The molecule has 0 heterocycles. The van der Waals surface area contributed by atoms with Crippen molar-refractivity contribution in [3.05, 3.63) is 0 Å². The number of urea groups is 1. The Morgan fingerprint density at radius 2 is 1.88 bits per heavy atom. The quantitative estimate of drug-likeness (QED) is 0.619. The van der Waals surface area contributed by atoms with Gasteiger partial charge in [0, 0.05) is 13.1 Å². The zero-order chi connectivity index (χ0) is 12.6. The molecule has 3 N–H and O–H groups in total. The topological polar surface area (TPSA) is 78.4 Å². The zero-order valence-electron chi connectivity index (χ0n) is 10.2. The van der Waals surface area contributed by atoms with Crippen LogP contribution in [0.25, 0.3) is 0 Å². The number of amides is 2. The van der Waals surface area contributed by atoms with Crippen LogP contribution in [0.5, 0.6) is 0 Å². The van der Waals surface area contributed by atoms with Crippen molar-refractivity contribution in [1.29, 1.82) is 0 Å². The number of hydrogen-bond donors (Lipinski definition) is 3. The molecule has 5 nitrogen and oxygen atoms in total. The van der Waals surface area contributed by atoms with E-state index in [-0.39, 0.29) is 12.6 Å². The fourth-order valence-corrected chi connectivity index (χ4v) is 1.36. The highest BCUT2D eigenvalue weighted by molar-refractivity contribution is 5.75. The number of rotatable bonds is 7. The van der Waals surface area contributed by atoms with Gasteiger partial charge in [0.15, 0.2) is 0 Å². The summed E-state index contributed by atoms with van der Waals surface area (Å²) in [5, 5.41) is 14.1. The number of carboxylic acid groups (broad SMARTS) is 1. The highest BCUT2D eigenvalue weighted by Gasteiger charge is 2.19. The minimum atomic E-state index is -0.857. The van der Waals surface area contributed by atoms with Crippen molar-refractivity contribution in [2.45, 2.75) is 33.6 Å². The highest BCUT2D eigenvalue weighted by atomic mass is 16.4. The van der Waals surface area contributed by atoms with Gasteiger partial charge in [-0.25, -0.2) is 4.79 Å². The second-order valence-electron chi connectivity index (χ2n) is 4.30. The third-order valence-electron chi connectivity index (χ3n) is 2.15. The summed E-state index contributed by atoms with van der Waals surface area (Å²) in [6.45, 7) is 6.68. The van der Waals surface area contributed by atoms with E-state index < -0.39 is 11.9 Å². The first kappa shape index (κ1) is 14.7. The first-order valence-electron chi connectivity index (χ1n) is 5.71. The fourth-order valence-electron chi connectivity index (χ4n) is 1.36. The lowest BCUT2D eigenvalue weighted by Crippen LogP contribution is -2.40. The average Bonchev–Trinajstić information content (AvgIpc) is 2.20. The monoisotopic (exact) mass is 230 g/mol. The molecule has 0 aliphatic carbocycles. The predicted octanol–water partition coefficient (Wildman–Crippen LogP) is 1.44. The van der Waals surface area contributed by atoms with E-state index in [1.807, 2.05) is 20.8 Å². The van der Waals surface area contributed by atoms with Crippen molar-refractivity contribution in [2.24, 2.45) is 11.8 Å². The molecule has 0 aromatic carbocycles. The first-order chi connectivity index (χ1) is 7.47. The first-order valence-corrected chi connectivity index (χ1v) is 5.71. The molecule has 94 valence electrons. The molecule has 2 amide bonds. The number of carbonyl (C=O) groups is 2. The smallest absolute Gasteiger partial charge is 0.314 e. The van der Waals surface area contributed by atoms with Crippen molar-refractivity contribution < 1.29 is 14.7 Å². The summed E-state index contributed by atoms with van der Waals surface area (Å²) in [5.74, 6) is -1.06. The van der Waals surface area contributed by atoms with Crippen LogP contribution in [-0.2, 0) is 4.79 Å². The number of carboxylic acids is 1. The Morgan fingerprint density at radius 1 is 1.25 bits per heavy atom. The predicted molar refractivity (Wildman–Crippen MR) is 62.3 cm³/mol. The maximum Gasteiger partial charge on any atom is 0.314 e. The SMILES string of the molecule is CCCNC(=O)NCC(CC(C)C)C(=O)O. The van der Waals surface area contributed by atoms with Crippen LogP contribution in [0.1, 0.15) is 33.6 Å². The summed E-state index contributed by atoms with van der Waals surface area (Å²) in [7, 11) is 0. The molecule has 0 aromatic rings. The van der Waals surface area contributed by atoms with Gasteiger partial charge in [-0.05, 0) is 18.8 Å². The molecular formula is C11H22N2O3. The van der Waals surface area contributed by atoms with E-state index >= 15 is 0 Å². The van der Waals surface area contributed by atoms with Crippen LogP contribution < -0.4 is 10.6 Å². The summed E-state index contributed by atoms with van der Waals surface area (Å²) in [5.41, 5.74) is 0. The fraction of sp³-hybridized carbons (Fsp3) is 0.818. The number of nitrogens with one attached hydrogen (secondary N) is 2. The molecule has 5 heteroatoms. The van der Waals surface area contributed by atoms with E-state index in [9.17, 15) is 9.59 Å². The van der Waals surface area contributed by atoms with Crippen LogP contribution in [0.4, 0.5) is 4.79 Å². The molecule has 0 aliphatic heterocycles. The molecule has 0 aromatic heterocycles. The minimum Gasteiger partial charge on any atom is -0.481 e. The number of aliphatic carboxylic acids is 1. The van der Waals surface area contributed by atoms with Gasteiger partial charge in [-0.3, -0.25) is 4.79 Å². The second kappa shape index (κ2) is 7.96. The van der Waals surface area contributed by atoms with E-state index in [0.29, 0.717) is 18.9 Å². The Labute approximate surface area is 96.6 Å². The van der Waals surface area contributed by atoms with Crippen LogP contribution in [0, 0.1) is 11.8 Å². The van der Waals surface area contributed by atoms with E-state index in [4.69, 9.17) is 5.11 Å². The number of carbonyl (C=O) groups excluding carboxylic acids is 1. The lowest BCUT2D eigenvalue weighted by Gasteiger charge is -2.15. The third-order valence-corrected chi connectivity index (χ3v) is 2.15. The summed E-state index contributed by atoms with van der Waals surface area (Å²) >= 11 is 0. The molecule has 1 atom stereocenters. The standard InChI is InChI=1S/C11H22N2O3/c1-4-5-12-11(16)13-7-9(10(14)15)6-8(2)3/h8-9H,4-7H2,1-3H3,(H,14,15)(H2,12,13,16). The maximum atomic E-state index is 11.2. The van der Waals surface area contributed by atoms with Crippen molar-refractivity contribution in [2.75, 3.05) is 13.1 Å². The van der Waals surface area contributed by atoms with Gasteiger partial charge in [0.2, 0.25) is 0 Å². The Kier molecular flexibility index (Phi) is 7.33. The van der Waals surface area contributed by atoms with Crippen LogP contribution in [0.2, 0.25) is 0 Å². The van der Waals surface area contributed by atoms with Gasteiger partial charge in [0.1, 0.15) is 0 Å². The molecule has 0 aliphatic rings. The van der Waals surface area contributed by atoms with Gasteiger partial charge in [0.25, 0.3) is 0 Å². The lowest BCUT2D eigenvalue weighted by atomic mass is 9.97. The highest BCUT2D eigenvalue weighted by Crippen LogP contribution is 2.10. The van der Waals surface area contributed by atoms with Crippen LogP contribution in [-0.4, -0.2) is 30.2 Å². The molecule has 0 rings (SSSR count). The third kappa shape index (κ3) is 7.09. The molecule has 0 saturated heterocycles. The van der Waals surface area contributed by atoms with Gasteiger partial charge >= 0.3 is 12.0 Å². The number of hydrogen-bond acceptors (Lipinski definition) is 2. The van der Waals surface area contributed by atoms with Crippen molar-refractivity contribution in [3.63, 3.8) is 0 Å². The Bertz CT molecular complexity index is 229. The van der Waals surface area contributed by atoms with Crippen LogP contribution in [0.3, 0.4) is 0 Å². The van der Waals surface area contributed by atoms with E-state index in [1.54, 1.807) is 0 Å². The summed E-state index contributed by atoms with van der Waals surface area (Å²) in [4.78, 5) is 22.1. The van der Waals surface area contributed by atoms with Gasteiger partial charge in [-0.2, -0.15) is 0 Å². The molecule has 0 saturated carbocycles. The Morgan fingerprint density at radius 3 is 2.31 bits per heavy atom. The average molecular weight is 230 g/mol. The minimum absolute atomic E-state index is 0.184.